The van der Waals surface area contributed by atoms with Gasteiger partial charge >= 0.3 is 0 Å². The molecule has 1 atom stereocenters. The number of hydrogen-bond donors (Lipinski definition) is 0. The van der Waals surface area contributed by atoms with Gasteiger partial charge in [0.2, 0.25) is 0 Å². The summed E-state index contributed by atoms with van der Waals surface area (Å²) in [6.07, 6.45) is 2.88. The normalized spacial score (nSPS) is 16.9. The molecule has 1 nitrogen and oxygen atoms in total. The van der Waals surface area contributed by atoms with Crippen molar-refractivity contribution in [3.05, 3.63) is 46.5 Å². The van der Waals surface area contributed by atoms with E-state index in [2.05, 4.69) is 18.4 Å². The minimum Gasteiger partial charge on any atom is -0.497 e. The van der Waals surface area contributed by atoms with E-state index in [4.69, 9.17) is 27.9 Å². The number of methoxy groups -OCH3 is 1. The third-order valence-electron chi connectivity index (χ3n) is 3.51. The van der Waals surface area contributed by atoms with Crippen LogP contribution in [0.3, 0.4) is 0 Å². The van der Waals surface area contributed by atoms with Crippen LogP contribution in [0.4, 0.5) is 0 Å². The average Bonchev–Trinajstić information content (AvgIpc) is 2.62. The van der Waals surface area contributed by atoms with Gasteiger partial charge in [0.15, 0.2) is 0 Å². The van der Waals surface area contributed by atoms with Gasteiger partial charge in [-0.15, -0.1) is 23.4 Å². The Morgan fingerprint density at radius 1 is 1.24 bits per heavy atom. The summed E-state index contributed by atoms with van der Waals surface area (Å²) >= 11 is 16.2. The molecule has 0 spiro atoms. The number of ether oxygens (including phenoxy) is 1. The molecular weight excluding hydrogens is 343 g/mol. The van der Waals surface area contributed by atoms with Crippen LogP contribution >= 0.6 is 46.7 Å². The molecule has 3 rings (SSSR count). The first kappa shape index (κ1) is 15.4. The van der Waals surface area contributed by atoms with Crippen LogP contribution in [0, 0.1) is 0 Å². The first-order chi connectivity index (χ1) is 10.1. The Balaban J connectivity index is 2.15. The van der Waals surface area contributed by atoms with E-state index in [1.165, 1.54) is 20.2 Å². The molecule has 0 bridgehead atoms. The molecule has 1 heterocycles. The van der Waals surface area contributed by atoms with Crippen LogP contribution in [-0.2, 0) is 6.42 Å². The molecule has 0 N–H and O–H groups in total. The van der Waals surface area contributed by atoms with Gasteiger partial charge in [-0.25, -0.2) is 0 Å². The van der Waals surface area contributed by atoms with Crippen molar-refractivity contribution in [2.24, 2.45) is 0 Å². The second kappa shape index (κ2) is 6.33. The van der Waals surface area contributed by atoms with Crippen molar-refractivity contribution < 1.29 is 4.74 Å². The standard InChI is InChI=1S/C16H14Cl2OS2/c1-19-10-6-15(20-2)12-8-13(18)11-5-9(17)3-4-14(11)21-16(12)7-10/h3-7,13H,8H2,1-2H3. The lowest BCUT2D eigenvalue weighted by Crippen LogP contribution is -1.98. The first-order valence-corrected chi connectivity index (χ1v) is 9.34. The number of hydrogen-bond acceptors (Lipinski definition) is 3. The number of thioether (sulfide) groups is 1. The van der Waals surface area contributed by atoms with Crippen molar-refractivity contribution >= 4 is 46.7 Å². The van der Waals surface area contributed by atoms with Gasteiger partial charge in [0.05, 0.1) is 12.5 Å². The average molecular weight is 357 g/mol. The van der Waals surface area contributed by atoms with Crippen molar-refractivity contribution in [2.45, 2.75) is 26.5 Å². The van der Waals surface area contributed by atoms with E-state index in [1.807, 2.05) is 18.2 Å². The fraction of sp³-hybridized carbons (Fsp3) is 0.250. The van der Waals surface area contributed by atoms with Crippen LogP contribution < -0.4 is 4.74 Å². The van der Waals surface area contributed by atoms with Crippen LogP contribution in [0.25, 0.3) is 0 Å². The van der Waals surface area contributed by atoms with Gasteiger partial charge in [0.1, 0.15) is 5.75 Å². The zero-order valence-electron chi connectivity index (χ0n) is 11.7. The monoisotopic (exact) mass is 356 g/mol. The Bertz CT molecular complexity index is 688. The highest BCUT2D eigenvalue weighted by molar-refractivity contribution is 8.00. The Labute approximate surface area is 143 Å². The lowest BCUT2D eigenvalue weighted by atomic mass is 10.0. The van der Waals surface area contributed by atoms with E-state index >= 15 is 0 Å². The van der Waals surface area contributed by atoms with Gasteiger partial charge in [0.25, 0.3) is 0 Å². The maximum absolute atomic E-state index is 6.64. The summed E-state index contributed by atoms with van der Waals surface area (Å²) in [7, 11) is 1.70. The van der Waals surface area contributed by atoms with Crippen molar-refractivity contribution in [1.82, 2.24) is 0 Å². The lowest BCUT2D eigenvalue weighted by Gasteiger charge is -2.14. The molecule has 1 unspecified atom stereocenters. The summed E-state index contributed by atoms with van der Waals surface area (Å²) in [5.41, 5.74) is 2.40. The fourth-order valence-electron chi connectivity index (χ4n) is 2.45. The summed E-state index contributed by atoms with van der Waals surface area (Å²) in [6.45, 7) is 0. The highest BCUT2D eigenvalue weighted by atomic mass is 35.5. The largest absolute Gasteiger partial charge is 0.497 e. The Hall–Kier alpha value is -0.480. The third kappa shape index (κ3) is 3.02. The molecular formula is C16H14Cl2OS2. The molecule has 110 valence electrons. The highest BCUT2D eigenvalue weighted by Gasteiger charge is 2.24. The molecule has 0 aliphatic carbocycles. The zero-order chi connectivity index (χ0) is 15.0. The van der Waals surface area contributed by atoms with Gasteiger partial charge in [0, 0.05) is 19.7 Å². The molecule has 21 heavy (non-hydrogen) atoms. The van der Waals surface area contributed by atoms with Gasteiger partial charge in [-0.05, 0) is 54.1 Å². The second-order valence-corrected chi connectivity index (χ2v) is 7.66. The van der Waals surface area contributed by atoms with Crippen LogP contribution in [0.5, 0.6) is 5.75 Å². The number of alkyl halides is 1. The van der Waals surface area contributed by atoms with Crippen LogP contribution in [0.2, 0.25) is 5.02 Å². The molecule has 0 amide bonds. The van der Waals surface area contributed by atoms with Crippen molar-refractivity contribution in [3.63, 3.8) is 0 Å². The quantitative estimate of drug-likeness (QED) is 0.478. The summed E-state index contributed by atoms with van der Waals surface area (Å²) < 4.78 is 5.42. The maximum Gasteiger partial charge on any atom is 0.121 e. The van der Waals surface area contributed by atoms with E-state index in [9.17, 15) is 0 Å². The molecule has 5 heteroatoms. The van der Waals surface area contributed by atoms with Crippen LogP contribution in [-0.4, -0.2) is 13.4 Å². The van der Waals surface area contributed by atoms with E-state index < -0.39 is 0 Å². The smallest absolute Gasteiger partial charge is 0.121 e. The van der Waals surface area contributed by atoms with E-state index in [1.54, 1.807) is 30.6 Å². The minimum atomic E-state index is -0.0632. The highest BCUT2D eigenvalue weighted by Crippen LogP contribution is 2.47. The fourth-order valence-corrected chi connectivity index (χ4v) is 4.95. The summed E-state index contributed by atoms with van der Waals surface area (Å²) in [4.78, 5) is 3.60. The topological polar surface area (TPSA) is 9.23 Å². The van der Waals surface area contributed by atoms with Gasteiger partial charge in [-0.3, -0.25) is 0 Å². The predicted octanol–water partition coefficient (Wildman–Crippen LogP) is 6.06. The molecule has 0 saturated heterocycles. The zero-order valence-corrected chi connectivity index (χ0v) is 14.8. The number of halogens is 2. The van der Waals surface area contributed by atoms with Gasteiger partial charge in [-0.2, -0.15) is 0 Å². The molecule has 2 aromatic carbocycles. The van der Waals surface area contributed by atoms with E-state index in [0.717, 1.165) is 22.8 Å². The Kier molecular flexibility index (Phi) is 4.65. The summed E-state index contributed by atoms with van der Waals surface area (Å²) in [5, 5.41) is 0.667. The maximum atomic E-state index is 6.64. The number of fused-ring (bicyclic) bond motifs is 2. The predicted molar refractivity (Wildman–Crippen MR) is 92.6 cm³/mol. The lowest BCUT2D eigenvalue weighted by molar-refractivity contribution is 0.412. The number of rotatable bonds is 2. The van der Waals surface area contributed by atoms with E-state index in [0.29, 0.717) is 0 Å². The van der Waals surface area contributed by atoms with Crippen molar-refractivity contribution in [3.8, 4) is 5.75 Å². The van der Waals surface area contributed by atoms with Gasteiger partial charge < -0.3 is 4.74 Å². The molecule has 0 aromatic heterocycles. The van der Waals surface area contributed by atoms with Gasteiger partial charge in [-0.1, -0.05) is 23.4 Å². The summed E-state index contributed by atoms with van der Waals surface area (Å²) in [6, 6.07) is 10.1. The van der Waals surface area contributed by atoms with E-state index in [-0.39, 0.29) is 5.38 Å². The Morgan fingerprint density at radius 3 is 2.76 bits per heavy atom. The first-order valence-electron chi connectivity index (χ1n) is 6.48. The SMILES string of the molecule is COc1cc(SC)c2c(c1)Sc1ccc(Cl)cc1C(Cl)C2. The van der Waals surface area contributed by atoms with Crippen LogP contribution in [0.15, 0.2) is 45.0 Å². The second-order valence-electron chi connectivity index (χ2n) is 4.76. The minimum absolute atomic E-state index is 0.0632. The molecule has 1 aliphatic rings. The van der Waals surface area contributed by atoms with Crippen molar-refractivity contribution in [2.75, 3.05) is 13.4 Å². The molecule has 0 saturated carbocycles. The molecule has 0 fully saturated rings. The van der Waals surface area contributed by atoms with Crippen molar-refractivity contribution in [1.29, 1.82) is 0 Å². The Morgan fingerprint density at radius 2 is 2.05 bits per heavy atom. The summed E-state index contributed by atoms with van der Waals surface area (Å²) in [5.74, 6) is 0.883. The van der Waals surface area contributed by atoms with Crippen LogP contribution in [0.1, 0.15) is 16.5 Å². The third-order valence-corrected chi connectivity index (χ3v) is 6.11. The molecule has 0 radical (unpaired) electrons. The number of benzene rings is 2. The molecule has 2 aromatic rings. The molecule has 1 aliphatic heterocycles.